The topological polar surface area (TPSA) is 47.0 Å². The summed E-state index contributed by atoms with van der Waals surface area (Å²) in [5, 5.41) is 3.53. The highest BCUT2D eigenvalue weighted by molar-refractivity contribution is 5.42. The predicted molar refractivity (Wildman–Crippen MR) is 73.9 cm³/mol. The van der Waals surface area contributed by atoms with Crippen molar-refractivity contribution in [3.63, 3.8) is 0 Å². The number of nitrogens with zero attached hydrogens (tertiary/aromatic N) is 2. The summed E-state index contributed by atoms with van der Waals surface area (Å²) in [6, 6.07) is 8.48. The van der Waals surface area contributed by atoms with Gasteiger partial charge in [0.15, 0.2) is 0 Å². The second-order valence-corrected chi connectivity index (χ2v) is 4.84. The molecule has 0 spiro atoms. The zero-order valence-electron chi connectivity index (χ0n) is 10.7. The van der Waals surface area contributed by atoms with Gasteiger partial charge in [0.25, 0.3) is 0 Å². The van der Waals surface area contributed by atoms with E-state index < -0.39 is 0 Å². The summed E-state index contributed by atoms with van der Waals surface area (Å²) in [6.07, 6.45) is 8.31. The molecule has 3 heterocycles. The molecular formula is C15H17N3O. The first-order chi connectivity index (χ1) is 9.42. The second kappa shape index (κ2) is 5.80. The van der Waals surface area contributed by atoms with E-state index in [1.54, 1.807) is 12.4 Å². The van der Waals surface area contributed by atoms with Crippen LogP contribution in [0, 0.1) is 5.92 Å². The van der Waals surface area contributed by atoms with Crippen molar-refractivity contribution in [2.45, 2.75) is 12.5 Å². The van der Waals surface area contributed by atoms with Crippen molar-refractivity contribution in [3.8, 4) is 0 Å². The van der Waals surface area contributed by atoms with E-state index in [1.165, 1.54) is 5.56 Å². The lowest BCUT2D eigenvalue weighted by Crippen LogP contribution is -2.29. The molecule has 4 heteroatoms. The number of aromatic nitrogens is 2. The van der Waals surface area contributed by atoms with Gasteiger partial charge in [-0.25, -0.2) is 0 Å². The molecule has 0 unspecified atom stereocenters. The zero-order valence-corrected chi connectivity index (χ0v) is 10.7. The number of anilines is 1. The van der Waals surface area contributed by atoms with Crippen LogP contribution in [0.2, 0.25) is 0 Å². The second-order valence-electron chi connectivity index (χ2n) is 4.84. The third-order valence-electron chi connectivity index (χ3n) is 3.48. The Balaban J connectivity index is 1.65. The maximum Gasteiger partial charge on any atom is 0.0671 e. The first-order valence-electron chi connectivity index (χ1n) is 6.55. The van der Waals surface area contributed by atoms with E-state index in [0.717, 1.165) is 25.3 Å². The molecule has 1 saturated heterocycles. The van der Waals surface area contributed by atoms with Crippen molar-refractivity contribution >= 4 is 5.69 Å². The highest BCUT2D eigenvalue weighted by atomic mass is 16.5. The minimum absolute atomic E-state index is 0.357. The van der Waals surface area contributed by atoms with Gasteiger partial charge in [0.1, 0.15) is 0 Å². The molecule has 2 aromatic rings. The minimum atomic E-state index is 0.357. The van der Waals surface area contributed by atoms with Crippen LogP contribution < -0.4 is 5.32 Å². The van der Waals surface area contributed by atoms with E-state index >= 15 is 0 Å². The normalized spacial score (nSPS) is 22.3. The molecule has 0 radical (unpaired) electrons. The Labute approximate surface area is 112 Å². The molecule has 98 valence electrons. The average Bonchev–Trinajstić information content (AvgIpc) is 2.88. The Bertz CT molecular complexity index is 456. The minimum Gasteiger partial charge on any atom is -0.380 e. The standard InChI is InChI=1S/C15H17N3O/c1-5-16-6-2-12(1)9-13-10-19-11-15(13)18-14-3-7-17-8-4-14/h1-8,13,15H,9-11H2,(H,17,18)/t13-,15-/m1/s1. The number of hydrogen-bond donors (Lipinski definition) is 1. The molecule has 1 aliphatic heterocycles. The fraction of sp³-hybridized carbons (Fsp3) is 0.333. The van der Waals surface area contributed by atoms with E-state index in [4.69, 9.17) is 4.74 Å². The van der Waals surface area contributed by atoms with Crippen LogP contribution in [0.1, 0.15) is 5.56 Å². The van der Waals surface area contributed by atoms with Crippen molar-refractivity contribution < 1.29 is 4.74 Å². The summed E-state index contributed by atoms with van der Waals surface area (Å²) in [4.78, 5) is 8.08. The number of hydrogen-bond acceptors (Lipinski definition) is 4. The van der Waals surface area contributed by atoms with Crippen LogP contribution in [0.15, 0.2) is 49.1 Å². The lowest BCUT2D eigenvalue weighted by atomic mass is 9.95. The van der Waals surface area contributed by atoms with Gasteiger partial charge < -0.3 is 10.1 Å². The number of ether oxygens (including phenoxy) is 1. The summed E-state index contributed by atoms with van der Waals surface area (Å²) in [5.74, 6) is 0.496. The van der Waals surface area contributed by atoms with Gasteiger partial charge in [-0.2, -0.15) is 0 Å². The first kappa shape index (κ1) is 12.1. The fourth-order valence-corrected chi connectivity index (χ4v) is 2.44. The van der Waals surface area contributed by atoms with E-state index in [1.807, 2.05) is 24.5 Å². The van der Waals surface area contributed by atoms with Crippen molar-refractivity contribution in [3.05, 3.63) is 54.6 Å². The molecule has 0 aliphatic carbocycles. The third kappa shape index (κ3) is 3.09. The van der Waals surface area contributed by atoms with Crippen LogP contribution in [-0.4, -0.2) is 29.2 Å². The van der Waals surface area contributed by atoms with Crippen LogP contribution in [0.5, 0.6) is 0 Å². The molecule has 2 atom stereocenters. The fourth-order valence-electron chi connectivity index (χ4n) is 2.44. The molecule has 2 aromatic heterocycles. The molecular weight excluding hydrogens is 238 g/mol. The van der Waals surface area contributed by atoms with Gasteiger partial charge in [-0.05, 0) is 36.2 Å². The molecule has 1 aliphatic rings. The highest BCUT2D eigenvalue weighted by Crippen LogP contribution is 2.22. The van der Waals surface area contributed by atoms with Crippen LogP contribution >= 0.6 is 0 Å². The van der Waals surface area contributed by atoms with Gasteiger partial charge in [-0.15, -0.1) is 0 Å². The van der Waals surface area contributed by atoms with Gasteiger partial charge in [0.2, 0.25) is 0 Å². The largest absolute Gasteiger partial charge is 0.380 e. The van der Waals surface area contributed by atoms with E-state index in [-0.39, 0.29) is 0 Å². The Kier molecular flexibility index (Phi) is 3.70. The third-order valence-corrected chi connectivity index (χ3v) is 3.48. The number of rotatable bonds is 4. The first-order valence-corrected chi connectivity index (χ1v) is 6.55. The van der Waals surface area contributed by atoms with Crippen molar-refractivity contribution in [1.29, 1.82) is 0 Å². The molecule has 4 nitrogen and oxygen atoms in total. The number of pyridine rings is 2. The Hall–Kier alpha value is -1.94. The Morgan fingerprint density at radius 2 is 1.68 bits per heavy atom. The summed E-state index contributed by atoms with van der Waals surface area (Å²) in [5.41, 5.74) is 2.41. The molecule has 0 amide bonds. The van der Waals surface area contributed by atoms with Crippen molar-refractivity contribution in [1.82, 2.24) is 9.97 Å². The molecule has 19 heavy (non-hydrogen) atoms. The smallest absolute Gasteiger partial charge is 0.0671 e. The van der Waals surface area contributed by atoms with Gasteiger partial charge >= 0.3 is 0 Å². The maximum absolute atomic E-state index is 5.62. The van der Waals surface area contributed by atoms with E-state index in [9.17, 15) is 0 Å². The van der Waals surface area contributed by atoms with Crippen LogP contribution in [-0.2, 0) is 11.2 Å². The SMILES string of the molecule is c1cc(C[C@@H]2COC[C@H]2Nc2ccncc2)ccn1. The molecule has 1 fully saturated rings. The number of nitrogens with one attached hydrogen (secondary N) is 1. The van der Waals surface area contributed by atoms with Crippen LogP contribution in [0.3, 0.4) is 0 Å². The van der Waals surface area contributed by atoms with Crippen LogP contribution in [0.4, 0.5) is 5.69 Å². The quantitative estimate of drug-likeness (QED) is 0.909. The predicted octanol–water partition coefficient (Wildman–Crippen LogP) is 2.15. The molecule has 1 N–H and O–H groups in total. The van der Waals surface area contributed by atoms with Crippen molar-refractivity contribution in [2.24, 2.45) is 5.92 Å². The zero-order chi connectivity index (χ0) is 12.9. The van der Waals surface area contributed by atoms with Gasteiger partial charge in [0, 0.05) is 36.4 Å². The van der Waals surface area contributed by atoms with Gasteiger partial charge in [-0.3, -0.25) is 9.97 Å². The molecule has 3 rings (SSSR count). The lowest BCUT2D eigenvalue weighted by Gasteiger charge is -2.20. The summed E-state index contributed by atoms with van der Waals surface area (Å²) >= 11 is 0. The van der Waals surface area contributed by atoms with Crippen molar-refractivity contribution in [2.75, 3.05) is 18.5 Å². The Morgan fingerprint density at radius 1 is 1.00 bits per heavy atom. The summed E-state index contributed by atoms with van der Waals surface area (Å²) in [6.45, 7) is 1.57. The molecule has 0 saturated carbocycles. The summed E-state index contributed by atoms with van der Waals surface area (Å²) < 4.78 is 5.62. The lowest BCUT2D eigenvalue weighted by molar-refractivity contribution is 0.185. The maximum atomic E-state index is 5.62. The summed E-state index contributed by atoms with van der Waals surface area (Å²) in [7, 11) is 0. The Morgan fingerprint density at radius 3 is 2.42 bits per heavy atom. The monoisotopic (exact) mass is 255 g/mol. The van der Waals surface area contributed by atoms with Crippen LogP contribution in [0.25, 0.3) is 0 Å². The molecule has 0 bridgehead atoms. The van der Waals surface area contributed by atoms with E-state index in [2.05, 4.69) is 27.4 Å². The highest BCUT2D eigenvalue weighted by Gasteiger charge is 2.28. The van der Waals surface area contributed by atoms with Gasteiger partial charge in [-0.1, -0.05) is 0 Å². The average molecular weight is 255 g/mol. The van der Waals surface area contributed by atoms with E-state index in [0.29, 0.717) is 12.0 Å². The molecule has 0 aromatic carbocycles. The van der Waals surface area contributed by atoms with Gasteiger partial charge in [0.05, 0.1) is 19.3 Å².